The van der Waals surface area contributed by atoms with Crippen molar-refractivity contribution in [2.24, 2.45) is 0 Å². The summed E-state index contributed by atoms with van der Waals surface area (Å²) in [7, 11) is -1.18. The van der Waals surface area contributed by atoms with Gasteiger partial charge in [0.05, 0.1) is 11.3 Å². The molecule has 7 heteroatoms. The molecule has 2 N–H and O–H groups in total. The third-order valence-corrected chi connectivity index (χ3v) is 4.20. The topological polar surface area (TPSA) is 79.3 Å². The molecule has 0 fully saturated rings. The average Bonchev–Trinajstić information content (AvgIpc) is 2.46. The lowest BCUT2D eigenvalue weighted by atomic mass is 10.1. The van der Waals surface area contributed by atoms with E-state index in [1.54, 1.807) is 48.9 Å². The van der Waals surface area contributed by atoms with Crippen LogP contribution in [0, 0.1) is 0 Å². The number of anilines is 1. The highest BCUT2D eigenvalue weighted by atomic mass is 32.2. The van der Waals surface area contributed by atoms with Crippen molar-refractivity contribution in [1.29, 1.82) is 0 Å². The smallest absolute Gasteiger partial charge is 0.335 e. The van der Waals surface area contributed by atoms with Crippen molar-refractivity contribution in [2.45, 2.75) is 10.8 Å². The van der Waals surface area contributed by atoms with Gasteiger partial charge in [-0.3, -0.25) is 0 Å². The van der Waals surface area contributed by atoms with Crippen molar-refractivity contribution in [3.63, 3.8) is 0 Å². The monoisotopic (exact) mass is 322 g/mol. The number of carboxylic acid groups (broad SMARTS) is 1. The molecule has 0 aliphatic heterocycles. The summed E-state index contributed by atoms with van der Waals surface area (Å²) in [6.07, 6.45) is 3.19. The van der Waals surface area contributed by atoms with Crippen LogP contribution in [0.25, 0.3) is 0 Å². The minimum absolute atomic E-state index is 0.287. The van der Waals surface area contributed by atoms with Crippen LogP contribution in [0.2, 0.25) is 0 Å². The number of nitrogens with one attached hydrogen (secondary N) is 1. The molecular weight excluding hydrogens is 308 g/mol. The zero-order chi connectivity index (χ0) is 15.2. The Morgan fingerprint density at radius 1 is 1.33 bits per heavy atom. The zero-order valence-corrected chi connectivity index (χ0v) is 12.9. The SMILES string of the molecule is CS(=O)Nc1cccnc1SCc1ccccc1C(=O)O. The molecule has 0 radical (unpaired) electrons. The standard InChI is InChI=1S/C14H14N2O3S2/c1-21(19)16-12-7-4-8-15-13(12)20-9-10-5-2-3-6-11(10)14(17)18/h2-8,16H,9H2,1H3,(H,17,18). The van der Waals surface area contributed by atoms with Crippen molar-refractivity contribution in [2.75, 3.05) is 11.0 Å². The largest absolute Gasteiger partial charge is 0.478 e. The van der Waals surface area contributed by atoms with Crippen LogP contribution < -0.4 is 4.72 Å². The van der Waals surface area contributed by atoms with Crippen LogP contribution in [-0.4, -0.2) is 26.5 Å². The van der Waals surface area contributed by atoms with Gasteiger partial charge < -0.3 is 9.83 Å². The highest BCUT2D eigenvalue weighted by Crippen LogP contribution is 2.28. The summed E-state index contributed by atoms with van der Waals surface area (Å²) in [5.41, 5.74) is 1.69. The Hall–Kier alpha value is -1.86. The molecule has 21 heavy (non-hydrogen) atoms. The van der Waals surface area contributed by atoms with Gasteiger partial charge in [-0.05, 0) is 23.8 Å². The second kappa shape index (κ2) is 7.24. The second-order valence-electron chi connectivity index (χ2n) is 4.16. The molecule has 2 aromatic rings. The van der Waals surface area contributed by atoms with Crippen molar-refractivity contribution < 1.29 is 14.1 Å². The average molecular weight is 322 g/mol. The van der Waals surface area contributed by atoms with Crippen LogP contribution in [0.4, 0.5) is 5.69 Å². The van der Waals surface area contributed by atoms with E-state index < -0.39 is 17.0 Å². The van der Waals surface area contributed by atoms with E-state index in [9.17, 15) is 9.00 Å². The number of pyridine rings is 1. The van der Waals surface area contributed by atoms with Gasteiger partial charge in [0.2, 0.25) is 0 Å². The highest BCUT2D eigenvalue weighted by molar-refractivity contribution is 7.98. The van der Waals surface area contributed by atoms with E-state index in [1.165, 1.54) is 11.8 Å². The number of nitrogens with zero attached hydrogens (tertiary/aromatic N) is 1. The van der Waals surface area contributed by atoms with Gasteiger partial charge in [0.1, 0.15) is 16.0 Å². The molecule has 1 heterocycles. The number of hydrogen-bond donors (Lipinski definition) is 2. The summed E-state index contributed by atoms with van der Waals surface area (Å²) in [4.78, 5) is 15.4. The molecule has 1 unspecified atom stereocenters. The first-order valence-electron chi connectivity index (χ1n) is 6.07. The van der Waals surface area contributed by atoms with Gasteiger partial charge in [-0.2, -0.15) is 0 Å². The Bertz CT molecular complexity index is 677. The highest BCUT2D eigenvalue weighted by Gasteiger charge is 2.11. The van der Waals surface area contributed by atoms with Gasteiger partial charge in [0, 0.05) is 18.2 Å². The maximum Gasteiger partial charge on any atom is 0.335 e. The Morgan fingerprint density at radius 2 is 2.10 bits per heavy atom. The minimum atomic E-state index is -1.18. The fourth-order valence-corrected chi connectivity index (χ4v) is 3.23. The van der Waals surface area contributed by atoms with E-state index in [-0.39, 0.29) is 5.56 Å². The van der Waals surface area contributed by atoms with Gasteiger partial charge in [-0.25, -0.2) is 14.0 Å². The number of carboxylic acids is 1. The third-order valence-electron chi connectivity index (χ3n) is 2.64. The van der Waals surface area contributed by atoms with Gasteiger partial charge in [0.25, 0.3) is 0 Å². The normalized spacial score (nSPS) is 11.9. The lowest BCUT2D eigenvalue weighted by Gasteiger charge is -2.09. The minimum Gasteiger partial charge on any atom is -0.478 e. The van der Waals surface area contributed by atoms with E-state index >= 15 is 0 Å². The molecule has 1 aromatic heterocycles. The molecule has 5 nitrogen and oxygen atoms in total. The van der Waals surface area contributed by atoms with Gasteiger partial charge in [-0.1, -0.05) is 30.0 Å². The number of rotatable bonds is 6. The number of thioether (sulfide) groups is 1. The number of aromatic nitrogens is 1. The molecular formula is C14H14N2O3S2. The van der Waals surface area contributed by atoms with Crippen LogP contribution in [0.5, 0.6) is 0 Å². The molecule has 110 valence electrons. The summed E-state index contributed by atoms with van der Waals surface area (Å²) < 4.78 is 14.1. The van der Waals surface area contributed by atoms with Crippen LogP contribution >= 0.6 is 11.8 Å². The first kappa shape index (κ1) is 15.5. The zero-order valence-electron chi connectivity index (χ0n) is 11.3. The third kappa shape index (κ3) is 4.30. The molecule has 0 aliphatic rings. The Kier molecular flexibility index (Phi) is 5.35. The summed E-state index contributed by atoms with van der Waals surface area (Å²) in [5, 5.41) is 9.85. The number of hydrogen-bond acceptors (Lipinski definition) is 4. The van der Waals surface area contributed by atoms with E-state index in [1.807, 2.05) is 0 Å². The summed E-state index contributed by atoms with van der Waals surface area (Å²) in [6, 6.07) is 10.4. The van der Waals surface area contributed by atoms with Crippen LogP contribution in [-0.2, 0) is 16.7 Å². The van der Waals surface area contributed by atoms with Crippen LogP contribution in [0.3, 0.4) is 0 Å². The quantitative estimate of drug-likeness (QED) is 0.800. The summed E-state index contributed by atoms with van der Waals surface area (Å²) >= 11 is 1.40. The predicted octanol–water partition coefficient (Wildman–Crippen LogP) is 2.78. The Labute approximate surface area is 129 Å². The lowest BCUT2D eigenvalue weighted by Crippen LogP contribution is -2.04. The van der Waals surface area contributed by atoms with Crippen LogP contribution in [0.15, 0.2) is 47.6 Å². The molecule has 0 saturated carbocycles. The maximum absolute atomic E-state index is 11.3. The van der Waals surface area contributed by atoms with E-state index in [0.717, 1.165) is 5.56 Å². The number of aromatic carboxylic acids is 1. The molecule has 2 rings (SSSR count). The van der Waals surface area contributed by atoms with E-state index in [2.05, 4.69) is 9.71 Å². The number of carbonyl (C=O) groups is 1. The molecule has 1 aromatic carbocycles. The molecule has 0 saturated heterocycles. The Balaban J connectivity index is 2.17. The van der Waals surface area contributed by atoms with E-state index in [4.69, 9.17) is 5.11 Å². The van der Waals surface area contributed by atoms with Crippen molar-refractivity contribution in [1.82, 2.24) is 4.98 Å². The van der Waals surface area contributed by atoms with Crippen molar-refractivity contribution in [3.8, 4) is 0 Å². The van der Waals surface area contributed by atoms with Crippen molar-refractivity contribution >= 4 is 34.4 Å². The first-order chi connectivity index (χ1) is 10.1. The summed E-state index contributed by atoms with van der Waals surface area (Å²) in [5.74, 6) is -0.468. The molecule has 0 bridgehead atoms. The summed E-state index contributed by atoms with van der Waals surface area (Å²) in [6.45, 7) is 0. The second-order valence-corrected chi connectivity index (χ2v) is 6.24. The molecule has 1 atom stereocenters. The van der Waals surface area contributed by atoms with Gasteiger partial charge in [-0.15, -0.1) is 0 Å². The molecule has 0 aliphatic carbocycles. The van der Waals surface area contributed by atoms with Gasteiger partial charge >= 0.3 is 5.97 Å². The molecule has 0 amide bonds. The van der Waals surface area contributed by atoms with E-state index in [0.29, 0.717) is 16.5 Å². The fraction of sp³-hybridized carbons (Fsp3) is 0.143. The number of benzene rings is 1. The van der Waals surface area contributed by atoms with Crippen LogP contribution in [0.1, 0.15) is 15.9 Å². The van der Waals surface area contributed by atoms with Gasteiger partial charge in [0.15, 0.2) is 0 Å². The predicted molar refractivity (Wildman–Crippen MR) is 84.9 cm³/mol. The maximum atomic E-state index is 11.3. The van der Waals surface area contributed by atoms with Crippen molar-refractivity contribution in [3.05, 3.63) is 53.7 Å². The fourth-order valence-electron chi connectivity index (χ4n) is 1.74. The lowest BCUT2D eigenvalue weighted by molar-refractivity contribution is 0.0696. The Morgan fingerprint density at radius 3 is 2.81 bits per heavy atom. The first-order valence-corrected chi connectivity index (χ1v) is 8.61. The molecule has 0 spiro atoms.